The Morgan fingerprint density at radius 2 is 1.92 bits per heavy atom. The van der Waals surface area contributed by atoms with Gasteiger partial charge in [0.15, 0.2) is 0 Å². The molecule has 0 spiro atoms. The molecule has 1 saturated heterocycles. The lowest BCUT2D eigenvalue weighted by Crippen LogP contribution is -2.65. The molecule has 0 saturated carbocycles. The summed E-state index contributed by atoms with van der Waals surface area (Å²) in [6.07, 6.45) is 0. The van der Waals surface area contributed by atoms with E-state index in [-0.39, 0.29) is 11.5 Å². The Hall–Kier alpha value is -0.570. The van der Waals surface area contributed by atoms with E-state index < -0.39 is 5.60 Å². The highest BCUT2D eigenvalue weighted by Gasteiger charge is 2.48. The first-order chi connectivity index (χ1) is 5.81. The highest BCUT2D eigenvalue weighted by molar-refractivity contribution is 5.73. The molecule has 0 amide bonds. The Morgan fingerprint density at radius 3 is 2.38 bits per heavy atom. The van der Waals surface area contributed by atoms with Crippen LogP contribution in [0.2, 0.25) is 0 Å². The molecule has 0 unspecified atom stereocenters. The normalized spacial score (nSPS) is 27.0. The molecule has 1 fully saturated rings. The van der Waals surface area contributed by atoms with Crippen molar-refractivity contribution < 1.29 is 9.53 Å². The number of carbonyl (C=O) groups excluding carboxylic acids is 1. The number of esters is 1. The topological polar surface area (TPSA) is 29.5 Å². The quantitative estimate of drug-likeness (QED) is 0.579. The molecule has 0 atom stereocenters. The van der Waals surface area contributed by atoms with Crippen LogP contribution in [0.1, 0.15) is 34.6 Å². The lowest BCUT2D eigenvalue weighted by Gasteiger charge is -2.51. The van der Waals surface area contributed by atoms with Crippen LogP contribution in [-0.4, -0.2) is 35.1 Å². The summed E-state index contributed by atoms with van der Waals surface area (Å²) in [5.41, 5.74) is -0.492. The molecule has 1 rings (SSSR count). The second kappa shape index (κ2) is 2.98. The summed E-state index contributed by atoms with van der Waals surface area (Å²) in [4.78, 5) is 13.4. The number of nitrogens with zero attached hydrogens (tertiary/aromatic N) is 1. The molecule has 76 valence electrons. The van der Waals surface area contributed by atoms with Crippen molar-refractivity contribution in [3.63, 3.8) is 0 Å². The maximum atomic E-state index is 11.3. The Morgan fingerprint density at radius 1 is 1.38 bits per heavy atom. The second-order valence-corrected chi connectivity index (χ2v) is 4.56. The fourth-order valence-corrected chi connectivity index (χ4v) is 1.68. The second-order valence-electron chi connectivity index (χ2n) is 4.56. The van der Waals surface area contributed by atoms with Crippen LogP contribution in [0, 0.1) is 0 Å². The first-order valence-electron chi connectivity index (χ1n) is 4.78. The summed E-state index contributed by atoms with van der Waals surface area (Å²) in [6.45, 7) is 11.5. The van der Waals surface area contributed by atoms with Gasteiger partial charge in [0.1, 0.15) is 5.60 Å². The Kier molecular flexibility index (Phi) is 2.41. The molecule has 0 aromatic heterocycles. The number of cyclic esters (lactones) is 1. The van der Waals surface area contributed by atoms with Gasteiger partial charge in [-0.25, -0.2) is 0 Å². The Bertz CT molecular complexity index is 221. The lowest BCUT2D eigenvalue weighted by atomic mass is 9.82. The van der Waals surface area contributed by atoms with Gasteiger partial charge in [0.05, 0.1) is 12.1 Å². The van der Waals surface area contributed by atoms with E-state index in [1.165, 1.54) is 0 Å². The number of likely N-dealkylation sites (N-methyl/N-ethyl adjacent to an activating group) is 1. The monoisotopic (exact) mass is 185 g/mol. The largest absolute Gasteiger partial charge is 0.457 e. The summed E-state index contributed by atoms with van der Waals surface area (Å²) in [7, 11) is 0. The number of carbonyl (C=O) groups is 1. The van der Waals surface area contributed by atoms with Crippen molar-refractivity contribution in [3.05, 3.63) is 0 Å². The third kappa shape index (κ3) is 1.57. The van der Waals surface area contributed by atoms with Crippen LogP contribution in [-0.2, 0) is 9.53 Å². The molecule has 1 aliphatic rings. The van der Waals surface area contributed by atoms with Crippen molar-refractivity contribution in [1.29, 1.82) is 0 Å². The average molecular weight is 185 g/mol. The van der Waals surface area contributed by atoms with Crippen molar-refractivity contribution in [2.24, 2.45) is 0 Å². The van der Waals surface area contributed by atoms with Crippen molar-refractivity contribution in [2.75, 3.05) is 13.1 Å². The lowest BCUT2D eigenvalue weighted by molar-refractivity contribution is -0.192. The summed E-state index contributed by atoms with van der Waals surface area (Å²) in [5, 5.41) is 0. The number of rotatable bonds is 1. The summed E-state index contributed by atoms with van der Waals surface area (Å²) in [5.74, 6) is -0.119. The average Bonchev–Trinajstić information content (AvgIpc) is 1.96. The molecule has 1 aliphatic heterocycles. The van der Waals surface area contributed by atoms with Crippen molar-refractivity contribution in [1.82, 2.24) is 4.90 Å². The zero-order valence-electron chi connectivity index (χ0n) is 9.18. The van der Waals surface area contributed by atoms with Gasteiger partial charge in [0, 0.05) is 0 Å². The van der Waals surface area contributed by atoms with Crippen LogP contribution in [0.25, 0.3) is 0 Å². The zero-order chi connectivity index (χ0) is 10.3. The van der Waals surface area contributed by atoms with Crippen LogP contribution >= 0.6 is 0 Å². The number of morpholine rings is 1. The van der Waals surface area contributed by atoms with E-state index >= 15 is 0 Å². The van der Waals surface area contributed by atoms with Gasteiger partial charge in [0.2, 0.25) is 0 Å². The van der Waals surface area contributed by atoms with E-state index in [9.17, 15) is 4.79 Å². The van der Waals surface area contributed by atoms with Gasteiger partial charge in [-0.1, -0.05) is 6.92 Å². The highest BCUT2D eigenvalue weighted by atomic mass is 16.6. The van der Waals surface area contributed by atoms with Gasteiger partial charge in [-0.15, -0.1) is 0 Å². The molecular formula is C10H19NO2. The van der Waals surface area contributed by atoms with E-state index in [2.05, 4.69) is 25.7 Å². The standard InChI is InChI=1S/C10H19NO2/c1-6-11-7-8(12)13-10(4,5)9(11,2)3/h6-7H2,1-5H3. The van der Waals surface area contributed by atoms with Crippen LogP contribution in [0.3, 0.4) is 0 Å². The van der Waals surface area contributed by atoms with E-state index in [0.29, 0.717) is 6.54 Å². The van der Waals surface area contributed by atoms with E-state index in [0.717, 1.165) is 6.54 Å². The molecule has 3 nitrogen and oxygen atoms in total. The highest BCUT2D eigenvalue weighted by Crippen LogP contribution is 2.34. The molecule has 0 bridgehead atoms. The van der Waals surface area contributed by atoms with Crippen molar-refractivity contribution in [2.45, 2.75) is 45.8 Å². The third-order valence-corrected chi connectivity index (χ3v) is 3.33. The summed E-state index contributed by atoms with van der Waals surface area (Å²) >= 11 is 0. The van der Waals surface area contributed by atoms with Gasteiger partial charge < -0.3 is 4.74 Å². The molecule has 13 heavy (non-hydrogen) atoms. The molecule has 0 N–H and O–H groups in total. The minimum Gasteiger partial charge on any atom is -0.457 e. The molecule has 1 heterocycles. The smallest absolute Gasteiger partial charge is 0.320 e. The third-order valence-electron chi connectivity index (χ3n) is 3.33. The number of hydrogen-bond acceptors (Lipinski definition) is 3. The molecule has 0 radical (unpaired) electrons. The van der Waals surface area contributed by atoms with Crippen LogP contribution in [0.4, 0.5) is 0 Å². The molecular weight excluding hydrogens is 166 g/mol. The maximum absolute atomic E-state index is 11.3. The predicted octanol–water partition coefficient (Wildman–Crippen LogP) is 1.42. The predicted molar refractivity (Wildman–Crippen MR) is 51.5 cm³/mol. The van der Waals surface area contributed by atoms with Crippen molar-refractivity contribution >= 4 is 5.97 Å². The summed E-state index contributed by atoms with van der Waals surface area (Å²) < 4.78 is 5.34. The maximum Gasteiger partial charge on any atom is 0.320 e. The van der Waals surface area contributed by atoms with Crippen molar-refractivity contribution in [3.8, 4) is 0 Å². The zero-order valence-corrected chi connectivity index (χ0v) is 9.18. The fourth-order valence-electron chi connectivity index (χ4n) is 1.68. The van der Waals surface area contributed by atoms with Gasteiger partial charge in [-0.3, -0.25) is 9.69 Å². The SMILES string of the molecule is CCN1CC(=O)OC(C)(C)C1(C)C. The Labute approximate surface area is 80.1 Å². The number of hydrogen-bond donors (Lipinski definition) is 0. The van der Waals surface area contributed by atoms with E-state index in [1.807, 2.05) is 13.8 Å². The summed E-state index contributed by atoms with van der Waals surface area (Å²) in [6, 6.07) is 0. The molecule has 0 aliphatic carbocycles. The van der Waals surface area contributed by atoms with Gasteiger partial charge in [0.25, 0.3) is 0 Å². The number of ether oxygens (including phenoxy) is 1. The molecule has 3 heteroatoms. The van der Waals surface area contributed by atoms with E-state index in [1.54, 1.807) is 0 Å². The van der Waals surface area contributed by atoms with Crippen LogP contribution in [0.5, 0.6) is 0 Å². The first kappa shape index (κ1) is 10.5. The molecule has 0 aromatic carbocycles. The van der Waals surface area contributed by atoms with Gasteiger partial charge >= 0.3 is 5.97 Å². The fraction of sp³-hybridized carbons (Fsp3) is 0.900. The first-order valence-corrected chi connectivity index (χ1v) is 4.78. The van der Waals surface area contributed by atoms with Crippen LogP contribution < -0.4 is 0 Å². The minimum absolute atomic E-state index is 0.0876. The van der Waals surface area contributed by atoms with Gasteiger partial charge in [-0.05, 0) is 34.2 Å². The molecule has 0 aromatic rings. The Balaban J connectivity index is 2.95. The van der Waals surface area contributed by atoms with Crippen LogP contribution in [0.15, 0.2) is 0 Å². The minimum atomic E-state index is -0.404. The van der Waals surface area contributed by atoms with E-state index in [4.69, 9.17) is 4.74 Å². The van der Waals surface area contributed by atoms with Gasteiger partial charge in [-0.2, -0.15) is 0 Å².